The molecule has 156 valence electrons. The normalized spacial score (nSPS) is 33.1. The quantitative estimate of drug-likeness (QED) is 0.705. The molecule has 0 aromatic heterocycles. The molecule has 0 radical (unpaired) electrons. The van der Waals surface area contributed by atoms with Crippen LogP contribution in [0.5, 0.6) is 0 Å². The number of ether oxygens (including phenoxy) is 1. The smallest absolute Gasteiger partial charge is 0.0602 e. The minimum absolute atomic E-state index is 0.0212. The monoisotopic (exact) mass is 377 g/mol. The van der Waals surface area contributed by atoms with Crippen molar-refractivity contribution in [2.45, 2.75) is 90.0 Å². The molecule has 3 heterocycles. The maximum Gasteiger partial charge on any atom is 0.0602 e. The number of likely N-dealkylation sites (tertiary alicyclic amines) is 3. The molecule has 1 saturated carbocycles. The average Bonchev–Trinajstić information content (AvgIpc) is 2.50. The van der Waals surface area contributed by atoms with E-state index in [4.69, 9.17) is 4.74 Å². The van der Waals surface area contributed by atoms with Gasteiger partial charge in [0.15, 0.2) is 0 Å². The zero-order valence-corrected chi connectivity index (χ0v) is 18.5. The first kappa shape index (κ1) is 20.1. The molecule has 1 aliphatic carbocycles. The van der Waals surface area contributed by atoms with E-state index in [1.807, 2.05) is 0 Å². The van der Waals surface area contributed by atoms with Gasteiger partial charge in [-0.25, -0.2) is 0 Å². The van der Waals surface area contributed by atoms with Gasteiger partial charge >= 0.3 is 0 Å². The second-order valence-corrected chi connectivity index (χ2v) is 11.4. The van der Waals surface area contributed by atoms with Crippen LogP contribution < -0.4 is 0 Å². The number of hydrogen-bond acceptors (Lipinski definition) is 4. The molecule has 27 heavy (non-hydrogen) atoms. The van der Waals surface area contributed by atoms with Crippen LogP contribution in [0.4, 0.5) is 0 Å². The third-order valence-corrected chi connectivity index (χ3v) is 7.64. The zero-order chi connectivity index (χ0) is 19.2. The van der Waals surface area contributed by atoms with Crippen LogP contribution in [0.1, 0.15) is 66.7 Å². The van der Waals surface area contributed by atoms with Crippen molar-refractivity contribution in [2.75, 3.05) is 45.8 Å². The fourth-order valence-corrected chi connectivity index (χ4v) is 5.89. The van der Waals surface area contributed by atoms with Gasteiger partial charge in [-0.3, -0.25) is 9.80 Å². The summed E-state index contributed by atoms with van der Waals surface area (Å²) >= 11 is 0. The fraction of sp³-hybridized carbons (Fsp3) is 1.00. The van der Waals surface area contributed by atoms with E-state index in [0.717, 1.165) is 17.9 Å². The van der Waals surface area contributed by atoms with E-state index in [1.54, 1.807) is 0 Å². The predicted octanol–water partition coefficient (Wildman–Crippen LogP) is 3.46. The van der Waals surface area contributed by atoms with Gasteiger partial charge in [-0.1, -0.05) is 0 Å². The lowest BCUT2D eigenvalue weighted by molar-refractivity contribution is -0.156. The molecule has 0 N–H and O–H groups in total. The highest BCUT2D eigenvalue weighted by molar-refractivity contribution is 5.11. The van der Waals surface area contributed by atoms with E-state index < -0.39 is 0 Å². The molecule has 4 heteroatoms. The van der Waals surface area contributed by atoms with E-state index in [2.05, 4.69) is 49.3 Å². The van der Waals surface area contributed by atoms with Crippen molar-refractivity contribution in [3.8, 4) is 0 Å². The van der Waals surface area contributed by atoms with Gasteiger partial charge in [0, 0.05) is 44.3 Å². The standard InChI is InChI=1S/C23H43N3O/c1-18(2)25-9-6-19(7-10-25)14-24-16-23(17-24)8-11-26(23)15-20-12-21(13-20)27-22(3,4)5/h18-21H,6-17H2,1-5H3. The summed E-state index contributed by atoms with van der Waals surface area (Å²) in [5.41, 5.74) is 0.585. The Morgan fingerprint density at radius 3 is 2.15 bits per heavy atom. The maximum atomic E-state index is 6.12. The molecule has 0 aromatic carbocycles. The van der Waals surface area contributed by atoms with Crippen molar-refractivity contribution < 1.29 is 4.74 Å². The summed E-state index contributed by atoms with van der Waals surface area (Å²) in [5, 5.41) is 0. The number of rotatable bonds is 6. The van der Waals surface area contributed by atoms with Crippen molar-refractivity contribution in [3.63, 3.8) is 0 Å². The SMILES string of the molecule is CC(C)N1CCC(CN2CC3(CCN3CC3CC(OC(C)(C)C)C3)C2)CC1. The van der Waals surface area contributed by atoms with Crippen molar-refractivity contribution in [1.29, 1.82) is 0 Å². The first-order valence-corrected chi connectivity index (χ1v) is 11.6. The zero-order valence-electron chi connectivity index (χ0n) is 18.5. The minimum Gasteiger partial charge on any atom is -0.373 e. The molecule has 3 aliphatic heterocycles. The lowest BCUT2D eigenvalue weighted by Gasteiger charge is -2.64. The van der Waals surface area contributed by atoms with Crippen LogP contribution in [0.3, 0.4) is 0 Å². The predicted molar refractivity (Wildman–Crippen MR) is 112 cm³/mol. The van der Waals surface area contributed by atoms with Crippen LogP contribution in [0.2, 0.25) is 0 Å². The average molecular weight is 378 g/mol. The largest absolute Gasteiger partial charge is 0.373 e. The van der Waals surface area contributed by atoms with Gasteiger partial charge in [0.25, 0.3) is 0 Å². The van der Waals surface area contributed by atoms with Crippen LogP contribution in [0.25, 0.3) is 0 Å². The van der Waals surface area contributed by atoms with Gasteiger partial charge in [-0.05, 0) is 91.6 Å². The van der Waals surface area contributed by atoms with Crippen molar-refractivity contribution in [3.05, 3.63) is 0 Å². The molecule has 1 spiro atoms. The van der Waals surface area contributed by atoms with Gasteiger partial charge < -0.3 is 9.64 Å². The molecule has 4 fully saturated rings. The van der Waals surface area contributed by atoms with E-state index in [-0.39, 0.29) is 5.60 Å². The Labute approximate surface area is 167 Å². The van der Waals surface area contributed by atoms with Crippen LogP contribution in [-0.2, 0) is 4.74 Å². The van der Waals surface area contributed by atoms with E-state index >= 15 is 0 Å². The third kappa shape index (κ3) is 4.55. The number of hydrogen-bond donors (Lipinski definition) is 0. The topological polar surface area (TPSA) is 19.0 Å². The Bertz CT molecular complexity index is 494. The molecular formula is C23H43N3O. The van der Waals surface area contributed by atoms with Gasteiger partial charge in [-0.2, -0.15) is 0 Å². The summed E-state index contributed by atoms with van der Waals surface area (Å²) in [6.07, 6.45) is 7.32. The molecule has 4 rings (SSSR count). The molecule has 0 atom stereocenters. The maximum absolute atomic E-state index is 6.12. The first-order chi connectivity index (χ1) is 12.7. The summed E-state index contributed by atoms with van der Waals surface area (Å²) in [4.78, 5) is 8.23. The molecule has 0 amide bonds. The Kier molecular flexibility index (Phi) is 5.66. The molecular weight excluding hydrogens is 334 g/mol. The Morgan fingerprint density at radius 2 is 1.63 bits per heavy atom. The highest BCUT2D eigenvalue weighted by Gasteiger charge is 2.54. The van der Waals surface area contributed by atoms with Crippen LogP contribution >= 0.6 is 0 Å². The van der Waals surface area contributed by atoms with Crippen molar-refractivity contribution in [1.82, 2.24) is 14.7 Å². The Hall–Kier alpha value is -0.160. The molecule has 4 aliphatic rings. The summed E-state index contributed by atoms with van der Waals surface area (Å²) in [5.74, 6) is 1.82. The fourth-order valence-electron chi connectivity index (χ4n) is 5.89. The molecule has 4 nitrogen and oxygen atoms in total. The van der Waals surface area contributed by atoms with Crippen LogP contribution in [0.15, 0.2) is 0 Å². The lowest BCUT2D eigenvalue weighted by Crippen LogP contribution is -2.77. The molecule has 0 aromatic rings. The van der Waals surface area contributed by atoms with E-state index in [9.17, 15) is 0 Å². The second-order valence-electron chi connectivity index (χ2n) is 11.4. The summed E-state index contributed by atoms with van der Waals surface area (Å²) < 4.78 is 6.12. The third-order valence-electron chi connectivity index (χ3n) is 7.64. The van der Waals surface area contributed by atoms with Gasteiger partial charge in [0.1, 0.15) is 0 Å². The van der Waals surface area contributed by atoms with Crippen molar-refractivity contribution in [2.24, 2.45) is 11.8 Å². The summed E-state index contributed by atoms with van der Waals surface area (Å²) in [6, 6.07) is 0.724. The number of piperidine rings is 1. The highest BCUT2D eigenvalue weighted by atomic mass is 16.5. The van der Waals surface area contributed by atoms with E-state index in [1.165, 1.54) is 77.9 Å². The molecule has 3 saturated heterocycles. The molecule has 0 unspecified atom stereocenters. The van der Waals surface area contributed by atoms with Crippen LogP contribution in [0, 0.1) is 11.8 Å². The first-order valence-electron chi connectivity index (χ1n) is 11.6. The van der Waals surface area contributed by atoms with Crippen LogP contribution in [-0.4, -0.2) is 83.8 Å². The Morgan fingerprint density at radius 1 is 0.963 bits per heavy atom. The van der Waals surface area contributed by atoms with E-state index in [0.29, 0.717) is 11.6 Å². The van der Waals surface area contributed by atoms with Crippen molar-refractivity contribution >= 4 is 0 Å². The number of nitrogens with zero attached hydrogens (tertiary/aromatic N) is 3. The summed E-state index contributed by atoms with van der Waals surface area (Å²) in [7, 11) is 0. The highest BCUT2D eigenvalue weighted by Crippen LogP contribution is 2.43. The summed E-state index contributed by atoms with van der Waals surface area (Å²) in [6.45, 7) is 20.5. The second kappa shape index (κ2) is 7.59. The van der Waals surface area contributed by atoms with Gasteiger partial charge in [0.2, 0.25) is 0 Å². The van der Waals surface area contributed by atoms with Gasteiger partial charge in [0.05, 0.1) is 11.7 Å². The lowest BCUT2D eigenvalue weighted by atomic mass is 9.73. The minimum atomic E-state index is 0.0212. The molecule has 0 bridgehead atoms. The Balaban J connectivity index is 1.13. The van der Waals surface area contributed by atoms with Gasteiger partial charge in [-0.15, -0.1) is 0 Å².